The average Bonchev–Trinajstić information content (AvgIpc) is 2.77. The van der Waals surface area contributed by atoms with Gasteiger partial charge in [-0.15, -0.1) is 0 Å². The number of hydrogen-bond acceptors (Lipinski definition) is 1. The Bertz CT molecular complexity index is 278. The molecule has 0 heterocycles. The quantitative estimate of drug-likeness (QED) is 0.593. The summed E-state index contributed by atoms with van der Waals surface area (Å²) < 4.78 is 0. The summed E-state index contributed by atoms with van der Waals surface area (Å²) in [4.78, 5) is 0. The highest BCUT2D eigenvalue weighted by molar-refractivity contribution is 5.25. The molecule has 70 valence electrons. The highest BCUT2D eigenvalue weighted by Crippen LogP contribution is 2.80. The first-order chi connectivity index (χ1) is 6.38. The summed E-state index contributed by atoms with van der Waals surface area (Å²) in [6.45, 7) is 0. The van der Waals surface area contributed by atoms with Gasteiger partial charge in [-0.3, -0.25) is 0 Å². The molecule has 0 amide bonds. The Morgan fingerprint density at radius 1 is 0.692 bits per heavy atom. The van der Waals surface area contributed by atoms with Crippen molar-refractivity contribution in [1.29, 1.82) is 0 Å². The fraction of sp³-hybridized carbons (Fsp3) is 1.00. The van der Waals surface area contributed by atoms with Gasteiger partial charge in [0.25, 0.3) is 0 Å². The fourth-order valence-corrected chi connectivity index (χ4v) is 6.79. The molecule has 6 bridgehead atoms. The van der Waals surface area contributed by atoms with Crippen molar-refractivity contribution in [3.63, 3.8) is 0 Å². The van der Waals surface area contributed by atoms with E-state index in [1.807, 2.05) is 0 Å². The Hall–Kier alpha value is -0.0400. The molecule has 0 aromatic rings. The fourth-order valence-electron chi connectivity index (χ4n) is 6.79. The van der Waals surface area contributed by atoms with Crippen LogP contribution in [-0.2, 0) is 0 Å². The summed E-state index contributed by atoms with van der Waals surface area (Å²) >= 11 is 0. The third-order valence-corrected chi connectivity index (χ3v) is 6.56. The van der Waals surface area contributed by atoms with Crippen molar-refractivity contribution in [2.75, 3.05) is 0 Å². The molecule has 1 heteroatoms. The molecule has 0 aliphatic heterocycles. The lowest BCUT2D eigenvalue weighted by Gasteiger charge is -2.44. The predicted octanol–water partition coefficient (Wildman–Crippen LogP) is 1.52. The zero-order valence-corrected chi connectivity index (χ0v) is 7.76. The van der Waals surface area contributed by atoms with Crippen molar-refractivity contribution in [1.82, 2.24) is 0 Å². The van der Waals surface area contributed by atoms with Gasteiger partial charge < -0.3 is 5.11 Å². The van der Waals surface area contributed by atoms with Crippen molar-refractivity contribution in [3.8, 4) is 0 Å². The molecule has 0 saturated heterocycles. The first-order valence-corrected chi connectivity index (χ1v) is 6.06. The summed E-state index contributed by atoms with van der Waals surface area (Å²) in [6.07, 6.45) is 4.58. The number of aliphatic hydroxyl groups is 1. The topological polar surface area (TPSA) is 20.2 Å². The lowest BCUT2D eigenvalue weighted by molar-refractivity contribution is -0.0519. The Balaban J connectivity index is 1.80. The second-order valence-corrected chi connectivity index (χ2v) is 6.27. The third kappa shape index (κ3) is 0.423. The van der Waals surface area contributed by atoms with Crippen LogP contribution in [0.5, 0.6) is 0 Å². The predicted molar refractivity (Wildman–Crippen MR) is 47.8 cm³/mol. The van der Waals surface area contributed by atoms with Crippen LogP contribution in [0, 0.1) is 47.3 Å². The Kier molecular flexibility index (Phi) is 0.793. The Labute approximate surface area is 78.5 Å². The van der Waals surface area contributed by atoms with Gasteiger partial charge in [0.2, 0.25) is 0 Å². The molecule has 0 aromatic heterocycles. The van der Waals surface area contributed by atoms with Crippen molar-refractivity contribution in [2.24, 2.45) is 47.3 Å². The minimum absolute atomic E-state index is 0.135. The van der Waals surface area contributed by atoms with E-state index < -0.39 is 0 Å². The molecule has 1 N–H and O–H groups in total. The zero-order valence-electron chi connectivity index (χ0n) is 7.76. The van der Waals surface area contributed by atoms with E-state index in [1.165, 1.54) is 19.3 Å². The van der Waals surface area contributed by atoms with Crippen LogP contribution in [0.4, 0.5) is 0 Å². The smallest absolute Gasteiger partial charge is 0.0605 e. The summed E-state index contributed by atoms with van der Waals surface area (Å²) in [5, 5.41) is 10.2. The number of fused-ring (bicyclic) bond motifs is 3. The lowest BCUT2D eigenvalue weighted by atomic mass is 9.62. The molecule has 13 heavy (non-hydrogen) atoms. The molecule has 0 radical (unpaired) electrons. The minimum Gasteiger partial charge on any atom is -0.393 e. The average molecular weight is 176 g/mol. The standard InChI is InChI=1S/C12H16O/c13-12-7-3-6-9-4-1-2-5(10(7)9)8(4)11(6)12/h4-13H,1-3H2/t4-,5-,6+,7+,8-,9+,10+,11+,12-/m1/s1. The van der Waals surface area contributed by atoms with E-state index in [4.69, 9.17) is 0 Å². The van der Waals surface area contributed by atoms with E-state index in [0.717, 1.165) is 47.3 Å². The molecule has 5 aliphatic rings. The molecule has 5 rings (SSSR count). The molecular formula is C12H16O. The van der Waals surface area contributed by atoms with Gasteiger partial charge in [0.15, 0.2) is 0 Å². The van der Waals surface area contributed by atoms with Gasteiger partial charge in [0, 0.05) is 0 Å². The van der Waals surface area contributed by atoms with E-state index in [1.54, 1.807) is 0 Å². The van der Waals surface area contributed by atoms with E-state index >= 15 is 0 Å². The molecule has 5 saturated carbocycles. The normalized spacial score (nSPS) is 80.5. The SMILES string of the molecule is O[C@@H]1[C@H]2C[C@H]3[C@@H]4[C@@H]5CC[C@@H]([C@@H]24)[C@@H]5[C@@H]13. The maximum Gasteiger partial charge on any atom is 0.0605 e. The van der Waals surface area contributed by atoms with Crippen LogP contribution in [0.3, 0.4) is 0 Å². The number of hydrogen-bond donors (Lipinski definition) is 1. The van der Waals surface area contributed by atoms with Gasteiger partial charge in [0.1, 0.15) is 0 Å². The highest BCUT2D eigenvalue weighted by atomic mass is 16.3. The van der Waals surface area contributed by atoms with E-state index in [2.05, 4.69) is 0 Å². The summed E-state index contributed by atoms with van der Waals surface area (Å²) in [5.74, 6) is 7.75. The van der Waals surface area contributed by atoms with Crippen LogP contribution in [0.1, 0.15) is 19.3 Å². The van der Waals surface area contributed by atoms with Crippen LogP contribution in [0.15, 0.2) is 0 Å². The first kappa shape index (κ1) is 6.44. The molecule has 0 unspecified atom stereocenters. The monoisotopic (exact) mass is 176 g/mol. The molecule has 0 spiro atoms. The third-order valence-electron chi connectivity index (χ3n) is 6.56. The highest BCUT2D eigenvalue weighted by Gasteiger charge is 2.77. The lowest BCUT2D eigenvalue weighted by Crippen LogP contribution is -2.45. The molecule has 5 fully saturated rings. The van der Waals surface area contributed by atoms with Crippen molar-refractivity contribution in [2.45, 2.75) is 25.4 Å². The Morgan fingerprint density at radius 2 is 1.31 bits per heavy atom. The van der Waals surface area contributed by atoms with Gasteiger partial charge in [0.05, 0.1) is 6.10 Å². The molecular weight excluding hydrogens is 160 g/mol. The van der Waals surface area contributed by atoms with Gasteiger partial charge in [-0.1, -0.05) is 0 Å². The van der Waals surface area contributed by atoms with Crippen molar-refractivity contribution >= 4 is 0 Å². The minimum atomic E-state index is 0.135. The van der Waals surface area contributed by atoms with Gasteiger partial charge >= 0.3 is 0 Å². The van der Waals surface area contributed by atoms with Crippen LogP contribution < -0.4 is 0 Å². The molecule has 0 aromatic carbocycles. The van der Waals surface area contributed by atoms with E-state index in [9.17, 15) is 5.11 Å². The van der Waals surface area contributed by atoms with Crippen LogP contribution in [-0.4, -0.2) is 11.2 Å². The van der Waals surface area contributed by atoms with Gasteiger partial charge in [-0.2, -0.15) is 0 Å². The van der Waals surface area contributed by atoms with E-state index in [0.29, 0.717) is 0 Å². The van der Waals surface area contributed by atoms with Gasteiger partial charge in [-0.05, 0) is 66.6 Å². The Morgan fingerprint density at radius 3 is 2.08 bits per heavy atom. The first-order valence-electron chi connectivity index (χ1n) is 6.06. The summed E-state index contributed by atoms with van der Waals surface area (Å²) in [6, 6.07) is 0. The molecule has 9 atom stereocenters. The maximum atomic E-state index is 10.2. The van der Waals surface area contributed by atoms with Crippen LogP contribution in [0.2, 0.25) is 0 Å². The van der Waals surface area contributed by atoms with Crippen LogP contribution in [0.25, 0.3) is 0 Å². The summed E-state index contributed by atoms with van der Waals surface area (Å²) in [5.41, 5.74) is 0. The number of aliphatic hydroxyl groups excluding tert-OH is 1. The summed E-state index contributed by atoms with van der Waals surface area (Å²) in [7, 11) is 0. The van der Waals surface area contributed by atoms with Crippen molar-refractivity contribution in [3.05, 3.63) is 0 Å². The maximum absolute atomic E-state index is 10.2. The van der Waals surface area contributed by atoms with Crippen LogP contribution >= 0.6 is 0 Å². The largest absolute Gasteiger partial charge is 0.393 e. The van der Waals surface area contributed by atoms with E-state index in [-0.39, 0.29) is 6.10 Å². The number of rotatable bonds is 0. The molecule has 1 nitrogen and oxygen atoms in total. The van der Waals surface area contributed by atoms with Gasteiger partial charge in [-0.25, -0.2) is 0 Å². The molecule has 5 aliphatic carbocycles. The second-order valence-electron chi connectivity index (χ2n) is 6.27. The zero-order chi connectivity index (χ0) is 8.32. The second kappa shape index (κ2) is 1.60. The van der Waals surface area contributed by atoms with Crippen molar-refractivity contribution < 1.29 is 5.11 Å².